The zero-order valence-electron chi connectivity index (χ0n) is 17.2. The van der Waals surface area contributed by atoms with Gasteiger partial charge in [0, 0.05) is 38.0 Å². The monoisotopic (exact) mass is 465 g/mol. The largest absolute Gasteiger partial charge is 0.441 e. The third-order valence-electron chi connectivity index (χ3n) is 5.24. The predicted octanol–water partition coefficient (Wildman–Crippen LogP) is 4.74. The number of rotatable bonds is 5. The normalized spacial score (nSPS) is 15.7. The van der Waals surface area contributed by atoms with Crippen LogP contribution in [-0.4, -0.2) is 35.4 Å². The minimum Gasteiger partial charge on any atom is -0.441 e. The third-order valence-corrected chi connectivity index (χ3v) is 5.24. The van der Waals surface area contributed by atoms with Crippen molar-refractivity contribution in [3.8, 4) is 11.3 Å². The van der Waals surface area contributed by atoms with Gasteiger partial charge in [-0.1, -0.05) is 42.0 Å². The van der Waals surface area contributed by atoms with Gasteiger partial charge in [-0.15, -0.1) is 24.8 Å². The van der Waals surface area contributed by atoms with Crippen molar-refractivity contribution in [2.45, 2.75) is 25.8 Å². The van der Waals surface area contributed by atoms with Gasteiger partial charge >= 0.3 is 0 Å². The van der Waals surface area contributed by atoms with Crippen LogP contribution in [0, 0.1) is 12.7 Å². The van der Waals surface area contributed by atoms with Crippen LogP contribution in [0.2, 0.25) is 0 Å². The van der Waals surface area contributed by atoms with E-state index in [2.05, 4.69) is 10.3 Å². The second kappa shape index (κ2) is 11.3. The van der Waals surface area contributed by atoms with Crippen molar-refractivity contribution in [1.29, 1.82) is 0 Å². The molecule has 2 heterocycles. The van der Waals surface area contributed by atoms with E-state index in [0.29, 0.717) is 37.6 Å². The Morgan fingerprint density at radius 1 is 1.23 bits per heavy atom. The highest BCUT2D eigenvalue weighted by Crippen LogP contribution is 2.25. The smallest absolute Gasteiger partial charge is 0.223 e. The second-order valence-corrected chi connectivity index (χ2v) is 7.35. The molecule has 8 heteroatoms. The number of oxazole rings is 1. The van der Waals surface area contributed by atoms with Crippen molar-refractivity contribution in [3.05, 3.63) is 77.6 Å². The fraction of sp³-hybridized carbons (Fsp3) is 0.304. The van der Waals surface area contributed by atoms with E-state index in [9.17, 15) is 9.18 Å². The first-order chi connectivity index (χ1) is 14.1. The molecule has 1 atom stereocenters. The van der Waals surface area contributed by atoms with E-state index in [1.165, 1.54) is 17.7 Å². The SMILES string of the molecule is Cc1ccc(-c2cnc(CCC(=O)N3CCNCC3c3cccc(F)c3)o2)cc1.Cl.Cl. The van der Waals surface area contributed by atoms with Crippen LogP contribution in [0.4, 0.5) is 4.39 Å². The van der Waals surface area contributed by atoms with E-state index in [0.717, 1.165) is 17.7 Å². The molecule has 0 radical (unpaired) electrons. The summed E-state index contributed by atoms with van der Waals surface area (Å²) in [6.45, 7) is 3.98. The summed E-state index contributed by atoms with van der Waals surface area (Å²) in [5.74, 6) is 0.985. The number of hydrogen-bond donors (Lipinski definition) is 1. The third kappa shape index (κ3) is 6.06. The standard InChI is InChI=1S/C23H24FN3O2.2ClH/c1-16-5-7-17(8-6-16)21-15-26-22(29-21)9-10-23(28)27-12-11-25-14-20(27)18-3-2-4-19(24)13-18;;/h2-8,13,15,20,25H,9-12,14H2,1H3;2*1H. The maximum atomic E-state index is 13.6. The minimum absolute atomic E-state index is 0. The molecule has 1 unspecified atom stereocenters. The fourth-order valence-electron chi connectivity index (χ4n) is 3.65. The Balaban J connectivity index is 0.00000171. The molecular weight excluding hydrogens is 440 g/mol. The summed E-state index contributed by atoms with van der Waals surface area (Å²) >= 11 is 0. The maximum Gasteiger partial charge on any atom is 0.223 e. The lowest BCUT2D eigenvalue weighted by Gasteiger charge is -2.36. The van der Waals surface area contributed by atoms with Gasteiger partial charge in [0.2, 0.25) is 5.91 Å². The first kappa shape index (κ1) is 24.9. The number of benzene rings is 2. The van der Waals surface area contributed by atoms with Crippen LogP contribution in [0.5, 0.6) is 0 Å². The van der Waals surface area contributed by atoms with Crippen molar-refractivity contribution in [2.24, 2.45) is 0 Å². The van der Waals surface area contributed by atoms with Crippen LogP contribution in [0.1, 0.15) is 29.5 Å². The zero-order chi connectivity index (χ0) is 20.2. The van der Waals surface area contributed by atoms with Gasteiger partial charge in [0.05, 0.1) is 12.2 Å². The van der Waals surface area contributed by atoms with E-state index < -0.39 is 0 Å². The topological polar surface area (TPSA) is 58.4 Å². The fourth-order valence-corrected chi connectivity index (χ4v) is 3.65. The number of nitrogens with one attached hydrogen (secondary N) is 1. The van der Waals surface area contributed by atoms with E-state index in [4.69, 9.17) is 4.42 Å². The first-order valence-corrected chi connectivity index (χ1v) is 9.87. The molecule has 31 heavy (non-hydrogen) atoms. The molecule has 1 aliphatic rings. The van der Waals surface area contributed by atoms with Gasteiger partial charge in [0.25, 0.3) is 0 Å². The molecule has 1 saturated heterocycles. The first-order valence-electron chi connectivity index (χ1n) is 9.87. The summed E-state index contributed by atoms with van der Waals surface area (Å²) in [6.07, 6.45) is 2.44. The number of halogens is 3. The number of piperazine rings is 1. The minimum atomic E-state index is -0.288. The number of carbonyl (C=O) groups is 1. The summed E-state index contributed by atoms with van der Waals surface area (Å²) in [5, 5.41) is 3.29. The van der Waals surface area contributed by atoms with Crippen LogP contribution in [-0.2, 0) is 11.2 Å². The van der Waals surface area contributed by atoms with Gasteiger partial charge in [-0.05, 0) is 24.6 Å². The lowest BCUT2D eigenvalue weighted by atomic mass is 10.0. The van der Waals surface area contributed by atoms with Gasteiger partial charge in [0.1, 0.15) is 5.82 Å². The molecule has 1 aliphatic heterocycles. The summed E-state index contributed by atoms with van der Waals surface area (Å²) < 4.78 is 19.5. The molecular formula is C23H26Cl2FN3O2. The number of aromatic nitrogens is 1. The van der Waals surface area contributed by atoms with Gasteiger partial charge in [-0.25, -0.2) is 9.37 Å². The summed E-state index contributed by atoms with van der Waals surface area (Å²) in [7, 11) is 0. The van der Waals surface area contributed by atoms with Crippen molar-refractivity contribution >= 4 is 30.7 Å². The van der Waals surface area contributed by atoms with Crippen molar-refractivity contribution in [2.75, 3.05) is 19.6 Å². The molecule has 3 aromatic rings. The Hall–Kier alpha value is -2.41. The maximum absolute atomic E-state index is 13.6. The van der Waals surface area contributed by atoms with Crippen LogP contribution >= 0.6 is 24.8 Å². The molecule has 0 saturated carbocycles. The summed E-state index contributed by atoms with van der Waals surface area (Å²) in [5.41, 5.74) is 2.96. The van der Waals surface area contributed by atoms with Crippen molar-refractivity contribution in [3.63, 3.8) is 0 Å². The highest BCUT2D eigenvalue weighted by Gasteiger charge is 2.28. The van der Waals surface area contributed by atoms with Crippen LogP contribution < -0.4 is 5.32 Å². The molecule has 5 nitrogen and oxygen atoms in total. The molecule has 0 spiro atoms. The van der Waals surface area contributed by atoms with E-state index in [-0.39, 0.29) is 42.6 Å². The molecule has 1 amide bonds. The Morgan fingerprint density at radius 2 is 2.00 bits per heavy atom. The van der Waals surface area contributed by atoms with Gasteiger partial charge in [-0.3, -0.25) is 4.79 Å². The Bertz CT molecular complexity index is 994. The van der Waals surface area contributed by atoms with E-state index in [1.807, 2.05) is 42.2 Å². The highest BCUT2D eigenvalue weighted by molar-refractivity contribution is 5.85. The molecule has 0 aliphatic carbocycles. The van der Waals surface area contributed by atoms with Crippen molar-refractivity contribution < 1.29 is 13.6 Å². The average Bonchev–Trinajstić information content (AvgIpc) is 3.21. The number of aryl methyl sites for hydroxylation is 2. The number of nitrogens with zero attached hydrogens (tertiary/aromatic N) is 2. The van der Waals surface area contributed by atoms with Crippen molar-refractivity contribution in [1.82, 2.24) is 15.2 Å². The lowest BCUT2D eigenvalue weighted by molar-refractivity contribution is -0.134. The lowest BCUT2D eigenvalue weighted by Crippen LogP contribution is -2.48. The Morgan fingerprint density at radius 3 is 2.74 bits per heavy atom. The number of carbonyl (C=O) groups excluding carboxylic acids is 1. The quantitative estimate of drug-likeness (QED) is 0.591. The van der Waals surface area contributed by atoms with Crippen LogP contribution in [0.3, 0.4) is 0 Å². The summed E-state index contributed by atoms with van der Waals surface area (Å²) in [6, 6.07) is 14.3. The highest BCUT2D eigenvalue weighted by atomic mass is 35.5. The average molecular weight is 466 g/mol. The number of hydrogen-bond acceptors (Lipinski definition) is 4. The molecule has 166 valence electrons. The number of amides is 1. The van der Waals surface area contributed by atoms with Gasteiger partial charge in [-0.2, -0.15) is 0 Å². The molecule has 1 N–H and O–H groups in total. The van der Waals surface area contributed by atoms with Crippen LogP contribution in [0.15, 0.2) is 59.1 Å². The van der Waals surface area contributed by atoms with E-state index >= 15 is 0 Å². The van der Waals surface area contributed by atoms with Crippen LogP contribution in [0.25, 0.3) is 11.3 Å². The predicted molar refractivity (Wildman–Crippen MR) is 123 cm³/mol. The van der Waals surface area contributed by atoms with Gasteiger partial charge in [0.15, 0.2) is 11.7 Å². The van der Waals surface area contributed by atoms with E-state index in [1.54, 1.807) is 12.3 Å². The second-order valence-electron chi connectivity index (χ2n) is 7.35. The molecule has 0 bridgehead atoms. The molecule has 4 rings (SSSR count). The Labute approximate surface area is 193 Å². The molecule has 2 aromatic carbocycles. The molecule has 1 aromatic heterocycles. The molecule has 1 fully saturated rings. The van der Waals surface area contributed by atoms with Gasteiger partial charge < -0.3 is 14.6 Å². The zero-order valence-corrected chi connectivity index (χ0v) is 18.8. The summed E-state index contributed by atoms with van der Waals surface area (Å²) in [4.78, 5) is 19.0. The Kier molecular flexibility index (Phi) is 9.04.